The summed E-state index contributed by atoms with van der Waals surface area (Å²) in [7, 11) is 0. The Balaban J connectivity index is 1.98. The van der Waals surface area contributed by atoms with E-state index in [4.69, 9.17) is 5.90 Å². The molecule has 1 aliphatic rings. The highest BCUT2D eigenvalue weighted by molar-refractivity contribution is 5.94. The third-order valence-electron chi connectivity index (χ3n) is 2.38. The predicted molar refractivity (Wildman–Crippen MR) is 55.9 cm³/mol. The van der Waals surface area contributed by atoms with Crippen molar-refractivity contribution >= 4 is 5.91 Å². The van der Waals surface area contributed by atoms with Crippen molar-refractivity contribution in [3.8, 4) is 0 Å². The molecule has 4 heteroatoms. The molecule has 0 heterocycles. The molecule has 1 saturated carbocycles. The van der Waals surface area contributed by atoms with Crippen LogP contribution in [0.2, 0.25) is 0 Å². The number of carbonyl (C=O) groups is 1. The minimum absolute atomic E-state index is 0.00211. The summed E-state index contributed by atoms with van der Waals surface area (Å²) < 4.78 is 0. The van der Waals surface area contributed by atoms with Crippen molar-refractivity contribution in [1.29, 1.82) is 0 Å². The van der Waals surface area contributed by atoms with Crippen molar-refractivity contribution in [2.45, 2.75) is 25.5 Å². The molecule has 0 spiro atoms. The fourth-order valence-electron chi connectivity index (χ4n) is 1.34. The molecule has 0 bridgehead atoms. The highest BCUT2D eigenvalue weighted by atomic mass is 16.6. The average molecular weight is 206 g/mol. The first-order valence-electron chi connectivity index (χ1n) is 5.01. The van der Waals surface area contributed by atoms with Crippen LogP contribution in [0.15, 0.2) is 24.3 Å². The zero-order valence-corrected chi connectivity index (χ0v) is 8.40. The van der Waals surface area contributed by atoms with Gasteiger partial charge in [0.1, 0.15) is 0 Å². The molecule has 15 heavy (non-hydrogen) atoms. The van der Waals surface area contributed by atoms with E-state index in [9.17, 15) is 4.79 Å². The Kier molecular flexibility index (Phi) is 2.99. The van der Waals surface area contributed by atoms with Crippen LogP contribution in [0.5, 0.6) is 0 Å². The van der Waals surface area contributed by atoms with Crippen molar-refractivity contribution in [2.24, 2.45) is 5.90 Å². The summed E-state index contributed by atoms with van der Waals surface area (Å²) in [6.45, 7) is 0.366. The second kappa shape index (κ2) is 4.42. The van der Waals surface area contributed by atoms with Gasteiger partial charge in [-0.05, 0) is 30.5 Å². The summed E-state index contributed by atoms with van der Waals surface area (Å²) in [5, 5.41) is 2.93. The lowest BCUT2D eigenvalue weighted by atomic mass is 10.1. The van der Waals surface area contributed by atoms with E-state index in [1.807, 2.05) is 12.1 Å². The molecule has 0 unspecified atom stereocenters. The van der Waals surface area contributed by atoms with Gasteiger partial charge in [-0.3, -0.25) is 9.63 Å². The summed E-state index contributed by atoms with van der Waals surface area (Å²) in [6, 6.07) is 7.64. The molecule has 1 aliphatic carbocycles. The molecule has 1 aromatic rings. The van der Waals surface area contributed by atoms with Gasteiger partial charge in [0.25, 0.3) is 5.91 Å². The largest absolute Gasteiger partial charge is 0.349 e. The van der Waals surface area contributed by atoms with Crippen LogP contribution in [0.4, 0.5) is 0 Å². The van der Waals surface area contributed by atoms with Crippen molar-refractivity contribution in [1.82, 2.24) is 5.32 Å². The predicted octanol–water partition coefficient (Wildman–Crippen LogP) is 0.969. The van der Waals surface area contributed by atoms with E-state index in [1.54, 1.807) is 12.1 Å². The minimum atomic E-state index is -0.00211. The summed E-state index contributed by atoms with van der Waals surface area (Å²) in [6.07, 6.45) is 2.20. The van der Waals surface area contributed by atoms with Crippen LogP contribution in [0.1, 0.15) is 28.8 Å². The van der Waals surface area contributed by atoms with E-state index in [-0.39, 0.29) is 5.91 Å². The van der Waals surface area contributed by atoms with Crippen LogP contribution in [-0.4, -0.2) is 11.9 Å². The van der Waals surface area contributed by atoms with E-state index in [1.165, 1.54) is 0 Å². The van der Waals surface area contributed by atoms with Gasteiger partial charge < -0.3 is 5.32 Å². The quantitative estimate of drug-likeness (QED) is 0.721. The van der Waals surface area contributed by atoms with Crippen molar-refractivity contribution in [2.75, 3.05) is 0 Å². The summed E-state index contributed by atoms with van der Waals surface area (Å²) in [5.41, 5.74) is 1.64. The maximum Gasteiger partial charge on any atom is 0.251 e. The fourth-order valence-corrected chi connectivity index (χ4v) is 1.34. The Morgan fingerprint density at radius 2 is 2.07 bits per heavy atom. The molecule has 0 saturated heterocycles. The number of hydrogen-bond acceptors (Lipinski definition) is 3. The molecule has 2 rings (SSSR count). The number of rotatable bonds is 4. The number of carbonyl (C=O) groups excluding carboxylic acids is 1. The smallest absolute Gasteiger partial charge is 0.251 e. The minimum Gasteiger partial charge on any atom is -0.349 e. The van der Waals surface area contributed by atoms with E-state index < -0.39 is 0 Å². The molecule has 0 aliphatic heterocycles. The van der Waals surface area contributed by atoms with Crippen LogP contribution in [0, 0.1) is 0 Å². The van der Waals surface area contributed by atoms with Crippen LogP contribution in [0.25, 0.3) is 0 Å². The lowest BCUT2D eigenvalue weighted by molar-refractivity contribution is 0.0951. The van der Waals surface area contributed by atoms with E-state index in [0.717, 1.165) is 18.4 Å². The van der Waals surface area contributed by atoms with Gasteiger partial charge >= 0.3 is 0 Å². The van der Waals surface area contributed by atoms with Crippen LogP contribution in [0.3, 0.4) is 0 Å². The Bertz CT molecular complexity index is 344. The Morgan fingerprint density at radius 3 is 2.60 bits per heavy atom. The van der Waals surface area contributed by atoms with Crippen molar-refractivity contribution in [3.63, 3.8) is 0 Å². The number of amides is 1. The van der Waals surface area contributed by atoms with Crippen molar-refractivity contribution < 1.29 is 9.63 Å². The molecule has 0 radical (unpaired) electrons. The van der Waals surface area contributed by atoms with Gasteiger partial charge in [0, 0.05) is 11.6 Å². The molecule has 4 nitrogen and oxygen atoms in total. The fraction of sp³-hybridized carbons (Fsp3) is 0.364. The summed E-state index contributed by atoms with van der Waals surface area (Å²) in [4.78, 5) is 16.1. The molecule has 0 atom stereocenters. The molecule has 3 N–H and O–H groups in total. The molecule has 0 aromatic heterocycles. The maximum atomic E-state index is 11.6. The Hall–Kier alpha value is -1.39. The molecular formula is C11H14N2O2. The molecule has 1 fully saturated rings. The van der Waals surface area contributed by atoms with Gasteiger partial charge in [-0.25, -0.2) is 5.90 Å². The lowest BCUT2D eigenvalue weighted by Gasteiger charge is -2.04. The van der Waals surface area contributed by atoms with Gasteiger partial charge in [0.15, 0.2) is 0 Å². The van der Waals surface area contributed by atoms with Gasteiger partial charge in [-0.15, -0.1) is 0 Å². The third-order valence-corrected chi connectivity index (χ3v) is 2.38. The SMILES string of the molecule is NOCc1ccc(C(=O)NC2CC2)cc1. The first kappa shape index (κ1) is 10.1. The number of benzene rings is 1. The Labute approximate surface area is 88.4 Å². The highest BCUT2D eigenvalue weighted by Crippen LogP contribution is 2.19. The van der Waals surface area contributed by atoms with Gasteiger partial charge in [0.2, 0.25) is 0 Å². The van der Waals surface area contributed by atoms with Gasteiger partial charge in [-0.1, -0.05) is 12.1 Å². The van der Waals surface area contributed by atoms with Gasteiger partial charge in [0.05, 0.1) is 6.61 Å². The monoisotopic (exact) mass is 206 g/mol. The van der Waals surface area contributed by atoms with Crippen molar-refractivity contribution in [3.05, 3.63) is 35.4 Å². The molecule has 1 amide bonds. The second-order valence-corrected chi connectivity index (χ2v) is 3.76. The lowest BCUT2D eigenvalue weighted by Crippen LogP contribution is -2.25. The van der Waals surface area contributed by atoms with Crippen LogP contribution in [-0.2, 0) is 11.4 Å². The average Bonchev–Trinajstić information content (AvgIpc) is 3.03. The molecular weight excluding hydrogens is 192 g/mol. The number of nitrogens with one attached hydrogen (secondary N) is 1. The summed E-state index contributed by atoms with van der Waals surface area (Å²) in [5.74, 6) is 4.95. The molecule has 1 aromatic carbocycles. The second-order valence-electron chi connectivity index (χ2n) is 3.76. The van der Waals surface area contributed by atoms with Crippen LogP contribution >= 0.6 is 0 Å². The Morgan fingerprint density at radius 1 is 1.40 bits per heavy atom. The normalized spacial score (nSPS) is 15.0. The van der Waals surface area contributed by atoms with Gasteiger partial charge in [-0.2, -0.15) is 0 Å². The zero-order valence-electron chi connectivity index (χ0n) is 8.40. The number of hydrogen-bond donors (Lipinski definition) is 2. The third kappa shape index (κ3) is 2.78. The standard InChI is InChI=1S/C11H14N2O2/c12-15-7-8-1-3-9(4-2-8)11(14)13-10-5-6-10/h1-4,10H,5-7,12H2,(H,13,14). The molecule has 80 valence electrons. The van der Waals surface area contributed by atoms with Crippen LogP contribution < -0.4 is 11.2 Å². The maximum absolute atomic E-state index is 11.6. The zero-order chi connectivity index (χ0) is 10.7. The first-order valence-corrected chi connectivity index (χ1v) is 5.01. The highest BCUT2D eigenvalue weighted by Gasteiger charge is 2.23. The summed E-state index contributed by atoms with van der Waals surface area (Å²) >= 11 is 0. The van der Waals surface area contributed by atoms with E-state index in [0.29, 0.717) is 18.2 Å². The van der Waals surface area contributed by atoms with E-state index in [2.05, 4.69) is 10.2 Å². The van der Waals surface area contributed by atoms with E-state index >= 15 is 0 Å². The number of nitrogens with two attached hydrogens (primary N) is 1. The topological polar surface area (TPSA) is 64.3 Å². The first-order chi connectivity index (χ1) is 7.29.